The van der Waals surface area contributed by atoms with E-state index in [-0.39, 0.29) is 11.8 Å². The lowest BCUT2D eigenvalue weighted by atomic mass is 9.80. The molecule has 0 bridgehead atoms. The van der Waals surface area contributed by atoms with Crippen molar-refractivity contribution in [3.63, 3.8) is 0 Å². The number of amides is 1. The number of anilines is 1. The zero-order valence-electron chi connectivity index (χ0n) is 9.01. The van der Waals surface area contributed by atoms with Gasteiger partial charge < -0.3 is 18.3 Å². The third-order valence-electron chi connectivity index (χ3n) is 2.08. The number of carbonyl (C=O) groups excluding carboxylic acids is 1. The molecule has 1 aromatic rings. The number of hydrogen-bond donors (Lipinski definition) is 1. The Morgan fingerprint density at radius 3 is 2.06 bits per heavy atom. The summed E-state index contributed by atoms with van der Waals surface area (Å²) in [5.74, 6) is -0.420. The van der Waals surface area contributed by atoms with E-state index in [4.69, 9.17) is 0 Å². The molecule has 1 rings (SSSR count). The monoisotopic (exact) mass is 230 g/mol. The van der Waals surface area contributed by atoms with Crippen molar-refractivity contribution in [2.75, 3.05) is 5.32 Å². The van der Waals surface area contributed by atoms with E-state index in [9.17, 15) is 17.7 Å². The number of halogens is 3. The summed E-state index contributed by atoms with van der Waals surface area (Å²) in [5, 5.41) is 2.52. The molecule has 0 aromatic heterocycles. The summed E-state index contributed by atoms with van der Waals surface area (Å²) < 4.78 is 36.9. The van der Waals surface area contributed by atoms with Crippen molar-refractivity contribution >= 4 is 24.0 Å². The Morgan fingerprint density at radius 1 is 1.19 bits per heavy atom. The average Bonchev–Trinajstić information content (AvgIpc) is 2.17. The summed E-state index contributed by atoms with van der Waals surface area (Å²) in [6.07, 6.45) is 0. The van der Waals surface area contributed by atoms with Gasteiger partial charge in [-0.1, -0.05) is 26.0 Å². The Balaban J connectivity index is 2.76. The normalized spacial score (nSPS) is 11.6. The molecular weight excluding hydrogens is 218 g/mol. The first-order chi connectivity index (χ1) is 7.30. The van der Waals surface area contributed by atoms with Crippen LogP contribution >= 0.6 is 0 Å². The SMILES string of the molecule is CC(C)C(=O)Nc1ccc([B-](F)(F)F)cc1. The Bertz CT molecular complexity index is 373. The van der Waals surface area contributed by atoms with Crippen LogP contribution in [0.25, 0.3) is 0 Å². The second-order valence-corrected chi connectivity index (χ2v) is 3.84. The molecule has 0 aliphatic heterocycles. The number of rotatable bonds is 3. The highest BCUT2D eigenvalue weighted by molar-refractivity contribution is 6.73. The van der Waals surface area contributed by atoms with Crippen LogP contribution in [0.3, 0.4) is 0 Å². The molecule has 0 unspecified atom stereocenters. The maximum absolute atomic E-state index is 12.3. The fraction of sp³-hybridized carbons (Fsp3) is 0.300. The Kier molecular flexibility index (Phi) is 3.62. The van der Waals surface area contributed by atoms with E-state index in [0.717, 1.165) is 12.1 Å². The van der Waals surface area contributed by atoms with Crippen LogP contribution in [0.4, 0.5) is 18.6 Å². The van der Waals surface area contributed by atoms with E-state index < -0.39 is 12.4 Å². The van der Waals surface area contributed by atoms with E-state index in [1.807, 2.05) is 0 Å². The molecule has 0 heterocycles. The molecule has 6 heteroatoms. The van der Waals surface area contributed by atoms with Gasteiger partial charge in [0.2, 0.25) is 5.91 Å². The number of nitrogens with one attached hydrogen (secondary N) is 1. The predicted molar refractivity (Wildman–Crippen MR) is 58.6 cm³/mol. The second kappa shape index (κ2) is 4.59. The van der Waals surface area contributed by atoms with E-state index in [1.54, 1.807) is 13.8 Å². The minimum atomic E-state index is -4.97. The number of carbonyl (C=O) groups is 1. The van der Waals surface area contributed by atoms with Crippen molar-refractivity contribution in [3.8, 4) is 0 Å². The Morgan fingerprint density at radius 2 is 1.69 bits per heavy atom. The van der Waals surface area contributed by atoms with Crippen LogP contribution in [-0.4, -0.2) is 12.9 Å². The largest absolute Gasteiger partial charge is 0.509 e. The molecule has 1 N–H and O–H groups in total. The lowest BCUT2D eigenvalue weighted by molar-refractivity contribution is -0.118. The summed E-state index contributed by atoms with van der Waals surface area (Å²) in [6.45, 7) is -1.55. The van der Waals surface area contributed by atoms with Crippen molar-refractivity contribution in [1.29, 1.82) is 0 Å². The van der Waals surface area contributed by atoms with E-state index in [0.29, 0.717) is 5.69 Å². The minimum absolute atomic E-state index is 0.202. The minimum Gasteiger partial charge on any atom is -0.445 e. The molecule has 0 fully saturated rings. The van der Waals surface area contributed by atoms with Gasteiger partial charge in [0.25, 0.3) is 0 Å². The Labute approximate surface area is 91.9 Å². The summed E-state index contributed by atoms with van der Waals surface area (Å²) in [4.78, 5) is 11.3. The lowest BCUT2D eigenvalue weighted by Gasteiger charge is -2.15. The fourth-order valence-corrected chi connectivity index (χ4v) is 1.07. The van der Waals surface area contributed by atoms with E-state index in [1.165, 1.54) is 12.1 Å². The van der Waals surface area contributed by atoms with Gasteiger partial charge in [-0.25, -0.2) is 0 Å². The molecule has 0 atom stereocenters. The first-order valence-electron chi connectivity index (χ1n) is 4.91. The molecule has 0 saturated carbocycles. The molecule has 0 spiro atoms. The molecule has 0 radical (unpaired) electrons. The van der Waals surface area contributed by atoms with Gasteiger partial charge in [0, 0.05) is 11.6 Å². The van der Waals surface area contributed by atoms with Gasteiger partial charge >= 0.3 is 6.98 Å². The van der Waals surface area contributed by atoms with Crippen molar-refractivity contribution < 1.29 is 17.7 Å². The standard InChI is InChI=1S/C10H12BF3NO/c1-7(2)10(16)15-9-5-3-8(4-6-9)11(12,13)14/h3-7H,1-2H3,(H,15,16)/q-1. The smallest absolute Gasteiger partial charge is 0.445 e. The van der Waals surface area contributed by atoms with Gasteiger partial charge in [-0.2, -0.15) is 0 Å². The van der Waals surface area contributed by atoms with Crippen LogP contribution in [0.15, 0.2) is 24.3 Å². The van der Waals surface area contributed by atoms with Crippen LogP contribution in [0.1, 0.15) is 13.8 Å². The highest BCUT2D eigenvalue weighted by Gasteiger charge is 2.24. The van der Waals surface area contributed by atoms with Crippen molar-refractivity contribution in [2.45, 2.75) is 13.8 Å². The molecule has 1 amide bonds. The molecule has 88 valence electrons. The molecular formula is C10H12BF3NO-. The van der Waals surface area contributed by atoms with Crippen molar-refractivity contribution in [1.82, 2.24) is 0 Å². The fourth-order valence-electron chi connectivity index (χ4n) is 1.07. The van der Waals surface area contributed by atoms with E-state index >= 15 is 0 Å². The predicted octanol–water partition coefficient (Wildman–Crippen LogP) is 2.34. The highest BCUT2D eigenvalue weighted by Crippen LogP contribution is 2.12. The molecule has 0 aliphatic carbocycles. The first kappa shape index (κ1) is 12.6. The van der Waals surface area contributed by atoms with Crippen molar-refractivity contribution in [2.24, 2.45) is 5.92 Å². The summed E-state index contributed by atoms with van der Waals surface area (Å²) >= 11 is 0. The molecule has 2 nitrogen and oxygen atoms in total. The van der Waals surface area contributed by atoms with Crippen LogP contribution in [0.5, 0.6) is 0 Å². The van der Waals surface area contributed by atoms with Gasteiger partial charge in [-0.15, -0.1) is 5.46 Å². The van der Waals surface area contributed by atoms with Crippen LogP contribution < -0.4 is 10.8 Å². The second-order valence-electron chi connectivity index (χ2n) is 3.84. The van der Waals surface area contributed by atoms with E-state index in [2.05, 4.69) is 5.32 Å². The molecule has 0 aliphatic rings. The third kappa shape index (κ3) is 3.29. The summed E-state index contributed by atoms with van der Waals surface area (Å²) in [6, 6.07) is 4.45. The summed E-state index contributed by atoms with van der Waals surface area (Å²) in [5.41, 5.74) is -0.287. The maximum Gasteiger partial charge on any atom is 0.509 e. The van der Waals surface area contributed by atoms with Gasteiger partial charge in [0.05, 0.1) is 0 Å². The lowest BCUT2D eigenvalue weighted by Crippen LogP contribution is -2.33. The molecule has 0 saturated heterocycles. The highest BCUT2D eigenvalue weighted by atomic mass is 19.4. The maximum atomic E-state index is 12.3. The Hall–Kier alpha value is -1.46. The molecule has 16 heavy (non-hydrogen) atoms. The average molecular weight is 230 g/mol. The quantitative estimate of drug-likeness (QED) is 0.793. The van der Waals surface area contributed by atoms with Crippen LogP contribution in [0.2, 0.25) is 0 Å². The van der Waals surface area contributed by atoms with Gasteiger partial charge in [-0.3, -0.25) is 4.79 Å². The van der Waals surface area contributed by atoms with Gasteiger partial charge in [0.1, 0.15) is 0 Å². The summed E-state index contributed by atoms with van der Waals surface area (Å²) in [7, 11) is 0. The number of benzene rings is 1. The zero-order valence-corrected chi connectivity index (χ0v) is 9.01. The number of hydrogen-bond acceptors (Lipinski definition) is 1. The topological polar surface area (TPSA) is 29.1 Å². The first-order valence-corrected chi connectivity index (χ1v) is 4.91. The molecule has 1 aromatic carbocycles. The van der Waals surface area contributed by atoms with Gasteiger partial charge in [0.15, 0.2) is 0 Å². The van der Waals surface area contributed by atoms with Crippen molar-refractivity contribution in [3.05, 3.63) is 24.3 Å². The zero-order chi connectivity index (χ0) is 12.3. The van der Waals surface area contributed by atoms with Crippen LogP contribution in [0, 0.1) is 5.92 Å². The third-order valence-corrected chi connectivity index (χ3v) is 2.08. The van der Waals surface area contributed by atoms with Crippen LogP contribution in [-0.2, 0) is 4.79 Å². The van der Waals surface area contributed by atoms with Gasteiger partial charge in [-0.05, 0) is 12.1 Å².